The van der Waals surface area contributed by atoms with Gasteiger partial charge in [-0.15, -0.1) is 0 Å². The third kappa shape index (κ3) is 4.13. The van der Waals surface area contributed by atoms with Crippen molar-refractivity contribution in [2.45, 2.75) is 0 Å². The van der Waals surface area contributed by atoms with E-state index in [4.69, 9.17) is 4.42 Å². The minimum Gasteiger partial charge on any atom is -0.456 e. The lowest BCUT2D eigenvalue weighted by molar-refractivity contribution is 0.669. The average Bonchev–Trinajstić information content (AvgIpc) is 3.54. The minimum absolute atomic E-state index is 0.914. The van der Waals surface area contributed by atoms with E-state index in [0.29, 0.717) is 0 Å². The highest BCUT2D eigenvalue weighted by molar-refractivity contribution is 6.24. The van der Waals surface area contributed by atoms with Gasteiger partial charge in [-0.3, -0.25) is 0 Å². The molecular weight excluding hydrogens is 583 g/mol. The Balaban J connectivity index is 1.27. The topological polar surface area (TPSA) is 16.4 Å². The fourth-order valence-corrected chi connectivity index (χ4v) is 7.61. The number of nitrogens with zero attached hydrogens (tertiary/aromatic N) is 1. The number of fused-ring (bicyclic) bond motifs is 10. The minimum atomic E-state index is 0.914. The highest BCUT2D eigenvalue weighted by atomic mass is 16.3. The third-order valence-corrected chi connectivity index (χ3v) is 9.78. The molecule has 0 bridgehead atoms. The fraction of sp³-hybridized carbons (Fsp3) is 0. The Kier molecular flexibility index (Phi) is 5.91. The van der Waals surface area contributed by atoms with Crippen LogP contribution in [0.5, 0.6) is 0 Å². The van der Waals surface area contributed by atoms with Crippen molar-refractivity contribution >= 4 is 82.1 Å². The first-order valence-electron chi connectivity index (χ1n) is 16.4. The molecule has 1 heterocycles. The number of para-hydroxylation sites is 1. The van der Waals surface area contributed by atoms with Crippen molar-refractivity contribution in [1.29, 1.82) is 0 Å². The summed E-state index contributed by atoms with van der Waals surface area (Å²) in [7, 11) is 0. The van der Waals surface area contributed by atoms with Gasteiger partial charge in [0.25, 0.3) is 0 Å². The van der Waals surface area contributed by atoms with Crippen molar-refractivity contribution in [2.75, 3.05) is 4.90 Å². The van der Waals surface area contributed by atoms with E-state index >= 15 is 0 Å². The zero-order chi connectivity index (χ0) is 31.6. The van der Waals surface area contributed by atoms with Crippen LogP contribution in [0.1, 0.15) is 0 Å². The van der Waals surface area contributed by atoms with Crippen LogP contribution in [0.15, 0.2) is 180 Å². The zero-order valence-electron chi connectivity index (χ0n) is 26.1. The Morgan fingerprint density at radius 1 is 0.333 bits per heavy atom. The molecule has 0 unspecified atom stereocenters. The first-order chi connectivity index (χ1) is 23.8. The van der Waals surface area contributed by atoms with Crippen LogP contribution in [-0.4, -0.2) is 0 Å². The molecular formula is C46H29NO. The Bertz CT molecular complexity index is 2850. The van der Waals surface area contributed by atoms with Gasteiger partial charge in [-0.25, -0.2) is 0 Å². The molecule has 9 aromatic carbocycles. The van der Waals surface area contributed by atoms with Crippen LogP contribution >= 0.6 is 0 Å². The monoisotopic (exact) mass is 611 g/mol. The molecule has 0 N–H and O–H groups in total. The summed E-state index contributed by atoms with van der Waals surface area (Å²) in [6.45, 7) is 0. The second kappa shape index (κ2) is 10.6. The molecule has 10 aromatic rings. The molecule has 48 heavy (non-hydrogen) atoms. The molecule has 0 aliphatic carbocycles. The first-order valence-corrected chi connectivity index (χ1v) is 16.4. The highest BCUT2D eigenvalue weighted by Gasteiger charge is 2.20. The zero-order valence-corrected chi connectivity index (χ0v) is 26.1. The van der Waals surface area contributed by atoms with Gasteiger partial charge in [-0.05, 0) is 91.3 Å². The summed E-state index contributed by atoms with van der Waals surface area (Å²) < 4.78 is 6.24. The second-order valence-corrected chi connectivity index (χ2v) is 12.5. The first kappa shape index (κ1) is 26.8. The van der Waals surface area contributed by atoms with Crippen LogP contribution < -0.4 is 4.90 Å². The van der Waals surface area contributed by atoms with Crippen molar-refractivity contribution < 1.29 is 4.42 Å². The maximum absolute atomic E-state index is 6.24. The quantitative estimate of drug-likeness (QED) is 0.184. The summed E-state index contributed by atoms with van der Waals surface area (Å²) in [6.07, 6.45) is 0. The van der Waals surface area contributed by atoms with E-state index in [1.54, 1.807) is 0 Å². The predicted octanol–water partition coefficient (Wildman–Crippen LogP) is 13.3. The van der Waals surface area contributed by atoms with E-state index in [0.717, 1.165) is 39.0 Å². The largest absolute Gasteiger partial charge is 0.456 e. The molecule has 10 rings (SSSR count). The Hall–Kier alpha value is -6.38. The summed E-state index contributed by atoms with van der Waals surface area (Å²) in [5, 5.41) is 12.2. The normalized spacial score (nSPS) is 11.8. The lowest BCUT2D eigenvalue weighted by Gasteiger charge is -2.28. The van der Waals surface area contributed by atoms with Gasteiger partial charge in [0, 0.05) is 27.5 Å². The summed E-state index contributed by atoms with van der Waals surface area (Å²) in [6, 6.07) is 63.4. The maximum atomic E-state index is 6.24. The van der Waals surface area contributed by atoms with Gasteiger partial charge >= 0.3 is 0 Å². The van der Waals surface area contributed by atoms with Crippen LogP contribution in [0.4, 0.5) is 17.1 Å². The summed E-state index contributed by atoms with van der Waals surface area (Å²) in [5.41, 5.74) is 7.56. The molecule has 0 radical (unpaired) electrons. The van der Waals surface area contributed by atoms with Gasteiger partial charge in [0.2, 0.25) is 0 Å². The molecule has 0 aliphatic rings. The molecule has 0 fully saturated rings. The highest BCUT2D eigenvalue weighted by Crippen LogP contribution is 2.45. The van der Waals surface area contributed by atoms with E-state index < -0.39 is 0 Å². The predicted molar refractivity (Wildman–Crippen MR) is 204 cm³/mol. The van der Waals surface area contributed by atoms with E-state index in [2.05, 4.69) is 169 Å². The fourth-order valence-electron chi connectivity index (χ4n) is 7.61. The van der Waals surface area contributed by atoms with Gasteiger partial charge < -0.3 is 9.32 Å². The Morgan fingerprint density at radius 3 is 1.90 bits per heavy atom. The lowest BCUT2D eigenvalue weighted by atomic mass is 9.94. The molecule has 224 valence electrons. The van der Waals surface area contributed by atoms with Crippen molar-refractivity contribution in [3.8, 4) is 11.1 Å². The number of furan rings is 1. The van der Waals surface area contributed by atoms with E-state index in [1.165, 1.54) is 54.2 Å². The molecule has 0 amide bonds. The van der Waals surface area contributed by atoms with Gasteiger partial charge in [0.15, 0.2) is 0 Å². The molecule has 0 atom stereocenters. The summed E-state index contributed by atoms with van der Waals surface area (Å²) in [4.78, 5) is 2.43. The van der Waals surface area contributed by atoms with Crippen LogP contribution in [0.3, 0.4) is 0 Å². The van der Waals surface area contributed by atoms with Crippen molar-refractivity contribution in [1.82, 2.24) is 0 Å². The molecule has 2 heteroatoms. The Morgan fingerprint density at radius 2 is 1.00 bits per heavy atom. The Labute approximate surface area is 277 Å². The van der Waals surface area contributed by atoms with Gasteiger partial charge in [-0.1, -0.05) is 133 Å². The average molecular weight is 612 g/mol. The second-order valence-electron chi connectivity index (χ2n) is 12.5. The van der Waals surface area contributed by atoms with Gasteiger partial charge in [0.1, 0.15) is 11.2 Å². The number of benzene rings is 9. The SMILES string of the molecule is c1ccc(-c2cccc(N(c3ccc4c(ccc5oc6ccccc6c54)c3)c3cc4ccc5ccccc5c4c4ccccc34)c2)cc1. The number of hydrogen-bond acceptors (Lipinski definition) is 2. The molecule has 0 saturated heterocycles. The van der Waals surface area contributed by atoms with Gasteiger partial charge in [0.05, 0.1) is 5.69 Å². The standard InChI is InChI=1S/C46H29NO/c1-2-11-30(12-3-1)32-14-10-15-35(27-32)47(36-24-25-38-33(28-36)23-26-44-46(38)41-19-8-9-20-43(41)48-44)42-29-34-22-21-31-13-4-5-16-37(31)45(34)40-18-7-6-17-39(40)42/h1-29H. The van der Waals surface area contributed by atoms with Crippen LogP contribution in [0, 0.1) is 0 Å². The third-order valence-electron chi connectivity index (χ3n) is 9.78. The van der Waals surface area contributed by atoms with Crippen LogP contribution in [0.2, 0.25) is 0 Å². The van der Waals surface area contributed by atoms with E-state index in [1.807, 2.05) is 12.1 Å². The number of rotatable bonds is 4. The molecule has 0 aliphatic heterocycles. The van der Waals surface area contributed by atoms with E-state index in [9.17, 15) is 0 Å². The lowest BCUT2D eigenvalue weighted by Crippen LogP contribution is -2.11. The summed E-state index contributed by atoms with van der Waals surface area (Å²) in [5.74, 6) is 0. The van der Waals surface area contributed by atoms with E-state index in [-0.39, 0.29) is 0 Å². The van der Waals surface area contributed by atoms with Crippen molar-refractivity contribution in [3.63, 3.8) is 0 Å². The van der Waals surface area contributed by atoms with Crippen LogP contribution in [0.25, 0.3) is 76.2 Å². The van der Waals surface area contributed by atoms with Crippen molar-refractivity contribution in [3.05, 3.63) is 176 Å². The molecule has 1 aromatic heterocycles. The van der Waals surface area contributed by atoms with Gasteiger partial charge in [-0.2, -0.15) is 0 Å². The van der Waals surface area contributed by atoms with Crippen molar-refractivity contribution in [2.24, 2.45) is 0 Å². The molecule has 0 spiro atoms. The van der Waals surface area contributed by atoms with Crippen LogP contribution in [-0.2, 0) is 0 Å². The number of anilines is 3. The maximum Gasteiger partial charge on any atom is 0.136 e. The summed E-state index contributed by atoms with van der Waals surface area (Å²) >= 11 is 0. The molecule has 2 nitrogen and oxygen atoms in total. The molecule has 0 saturated carbocycles. The smallest absolute Gasteiger partial charge is 0.136 e. The number of hydrogen-bond donors (Lipinski definition) is 0.